The van der Waals surface area contributed by atoms with Gasteiger partial charge < -0.3 is 0 Å². The van der Waals surface area contributed by atoms with E-state index in [1.54, 1.807) is 0 Å². The normalized spacial score (nSPS) is 12.9. The van der Waals surface area contributed by atoms with Gasteiger partial charge in [0.25, 0.3) is 0 Å². The molecule has 0 fully saturated rings. The van der Waals surface area contributed by atoms with Gasteiger partial charge in [-0.1, -0.05) is 158 Å². The van der Waals surface area contributed by atoms with Gasteiger partial charge in [-0.15, -0.1) is 0 Å². The first-order valence-corrected chi connectivity index (χ1v) is 19.9. The first kappa shape index (κ1) is 33.2. The molecular formula is C55H32N4. The van der Waals surface area contributed by atoms with Crippen LogP contribution < -0.4 is 0 Å². The van der Waals surface area contributed by atoms with Gasteiger partial charge in [-0.05, 0) is 114 Å². The Labute approximate surface area is 341 Å². The molecule has 0 unspecified atom stereocenters. The Bertz CT molecular complexity index is 3280. The topological polar surface area (TPSA) is 62.5 Å². The Balaban J connectivity index is 1.02. The van der Waals surface area contributed by atoms with Gasteiger partial charge in [0.2, 0.25) is 0 Å². The highest BCUT2D eigenvalue weighted by atomic mass is 15.0. The third-order valence-corrected chi connectivity index (χ3v) is 12.3. The molecule has 0 radical (unpaired) electrons. The van der Waals surface area contributed by atoms with Gasteiger partial charge in [-0.2, -0.15) is 5.26 Å². The van der Waals surface area contributed by atoms with Crippen LogP contribution in [0.3, 0.4) is 0 Å². The summed E-state index contributed by atoms with van der Waals surface area (Å²) in [7, 11) is 0. The van der Waals surface area contributed by atoms with Crippen molar-refractivity contribution >= 4 is 21.5 Å². The molecule has 1 aromatic heterocycles. The standard InChI is InChI=1S/C55H32N4/c56-33-34-20-26-46-47-32-40(25-27-50(47)55(51(46)28-34)48-18-7-5-16-44(48)45-17-6-8-19-49(45)55)39-14-9-15-41(31-39)52-57-53(42-23-21-35-10-1-3-12-37(35)29-42)59-54(58-52)43-24-22-36-11-2-4-13-38(36)30-43/h1-32H. The van der Waals surface area contributed by atoms with Crippen LogP contribution in [-0.2, 0) is 5.41 Å². The van der Waals surface area contributed by atoms with Gasteiger partial charge in [-0.25, -0.2) is 15.0 Å². The average Bonchev–Trinajstić information content (AvgIpc) is 3.77. The van der Waals surface area contributed by atoms with Crippen molar-refractivity contribution in [3.63, 3.8) is 0 Å². The van der Waals surface area contributed by atoms with E-state index in [0.29, 0.717) is 23.0 Å². The Morgan fingerprint density at radius 2 is 0.797 bits per heavy atom. The van der Waals surface area contributed by atoms with Gasteiger partial charge in [0.05, 0.1) is 17.0 Å². The van der Waals surface area contributed by atoms with E-state index >= 15 is 0 Å². The van der Waals surface area contributed by atoms with Crippen molar-refractivity contribution in [1.29, 1.82) is 5.26 Å². The molecule has 0 N–H and O–H groups in total. The molecule has 0 aliphatic heterocycles. The number of rotatable bonds is 4. The minimum absolute atomic E-state index is 0.520. The van der Waals surface area contributed by atoms with Crippen molar-refractivity contribution in [2.45, 2.75) is 5.41 Å². The van der Waals surface area contributed by atoms with Crippen molar-refractivity contribution in [3.05, 3.63) is 222 Å². The maximum atomic E-state index is 10.1. The fourth-order valence-electron chi connectivity index (χ4n) is 9.65. The summed E-state index contributed by atoms with van der Waals surface area (Å²) in [5.74, 6) is 1.87. The van der Waals surface area contributed by atoms with E-state index in [1.165, 1.54) is 44.2 Å². The summed E-state index contributed by atoms with van der Waals surface area (Å²) in [6, 6.07) is 71.0. The van der Waals surface area contributed by atoms with E-state index in [4.69, 9.17) is 15.0 Å². The van der Waals surface area contributed by atoms with Crippen molar-refractivity contribution in [2.75, 3.05) is 0 Å². The van der Waals surface area contributed by atoms with Crippen LogP contribution in [0.2, 0.25) is 0 Å². The van der Waals surface area contributed by atoms with E-state index < -0.39 is 5.41 Å². The molecule has 0 bridgehead atoms. The smallest absolute Gasteiger partial charge is 0.164 e. The highest BCUT2D eigenvalue weighted by molar-refractivity contribution is 5.96. The highest BCUT2D eigenvalue weighted by Gasteiger charge is 2.51. The molecule has 1 heterocycles. The van der Waals surface area contributed by atoms with Crippen LogP contribution in [0.4, 0.5) is 0 Å². The summed E-state index contributed by atoms with van der Waals surface area (Å²) in [6.45, 7) is 0. The minimum Gasteiger partial charge on any atom is -0.208 e. The molecule has 59 heavy (non-hydrogen) atoms. The molecule has 10 aromatic rings. The largest absolute Gasteiger partial charge is 0.208 e. The van der Waals surface area contributed by atoms with E-state index in [-0.39, 0.29) is 0 Å². The Morgan fingerprint density at radius 3 is 1.41 bits per heavy atom. The van der Waals surface area contributed by atoms with Crippen LogP contribution in [0, 0.1) is 11.3 Å². The monoisotopic (exact) mass is 748 g/mol. The fourth-order valence-corrected chi connectivity index (χ4v) is 9.65. The summed E-state index contributed by atoms with van der Waals surface area (Å²) in [4.78, 5) is 15.4. The van der Waals surface area contributed by atoms with Crippen molar-refractivity contribution in [1.82, 2.24) is 15.0 Å². The van der Waals surface area contributed by atoms with Gasteiger partial charge in [-0.3, -0.25) is 0 Å². The summed E-state index contributed by atoms with van der Waals surface area (Å²) in [5.41, 5.74) is 14.8. The van der Waals surface area contributed by atoms with E-state index in [0.717, 1.165) is 49.7 Å². The lowest BCUT2D eigenvalue weighted by Gasteiger charge is -2.30. The highest BCUT2D eigenvalue weighted by Crippen LogP contribution is 2.63. The summed E-state index contributed by atoms with van der Waals surface area (Å²) in [5, 5.41) is 14.7. The SMILES string of the molecule is N#Cc1ccc2c(c1)C1(c3ccccc3-c3ccccc31)c1ccc(-c3cccc(-c4nc(-c5ccc6ccccc6c5)nc(-c5ccc6ccccc6c5)n4)c3)cc1-2. The first-order chi connectivity index (χ1) is 29.2. The van der Waals surface area contributed by atoms with Crippen LogP contribution >= 0.6 is 0 Å². The third-order valence-electron chi connectivity index (χ3n) is 12.3. The second-order valence-corrected chi connectivity index (χ2v) is 15.5. The van der Waals surface area contributed by atoms with Crippen LogP contribution in [0.25, 0.3) is 89.1 Å². The van der Waals surface area contributed by atoms with E-state index in [9.17, 15) is 5.26 Å². The molecule has 9 aromatic carbocycles. The second-order valence-electron chi connectivity index (χ2n) is 15.5. The molecule has 0 atom stereocenters. The molecule has 0 saturated heterocycles. The van der Waals surface area contributed by atoms with Gasteiger partial charge in [0.15, 0.2) is 17.5 Å². The van der Waals surface area contributed by atoms with Crippen LogP contribution in [0.15, 0.2) is 194 Å². The summed E-state index contributed by atoms with van der Waals surface area (Å²) in [6.07, 6.45) is 0. The van der Waals surface area contributed by atoms with E-state index in [1.807, 2.05) is 6.07 Å². The van der Waals surface area contributed by atoms with Gasteiger partial charge >= 0.3 is 0 Å². The number of nitrogens with zero attached hydrogens (tertiary/aromatic N) is 4. The molecule has 4 heteroatoms. The molecule has 1 spiro atoms. The third kappa shape index (κ3) is 4.99. The predicted molar refractivity (Wildman–Crippen MR) is 238 cm³/mol. The molecule has 12 rings (SSSR count). The predicted octanol–water partition coefficient (Wildman–Crippen LogP) is 13.1. The maximum Gasteiger partial charge on any atom is 0.164 e. The number of fused-ring (bicyclic) bond motifs is 12. The first-order valence-electron chi connectivity index (χ1n) is 19.9. The van der Waals surface area contributed by atoms with Gasteiger partial charge in [0, 0.05) is 16.7 Å². The van der Waals surface area contributed by atoms with Crippen LogP contribution in [-0.4, -0.2) is 15.0 Å². The Kier molecular flexibility index (Phi) is 7.17. The zero-order valence-electron chi connectivity index (χ0n) is 31.8. The van der Waals surface area contributed by atoms with Crippen molar-refractivity contribution in [3.8, 4) is 73.6 Å². The fraction of sp³-hybridized carbons (Fsp3) is 0.0182. The second kappa shape index (κ2) is 12.8. The molecule has 272 valence electrons. The van der Waals surface area contributed by atoms with Crippen molar-refractivity contribution in [2.24, 2.45) is 0 Å². The lowest BCUT2D eigenvalue weighted by atomic mass is 9.70. The summed E-state index contributed by atoms with van der Waals surface area (Å²) < 4.78 is 0. The minimum atomic E-state index is -0.520. The summed E-state index contributed by atoms with van der Waals surface area (Å²) >= 11 is 0. The number of benzene rings is 9. The molecule has 2 aliphatic rings. The van der Waals surface area contributed by atoms with Gasteiger partial charge in [0.1, 0.15) is 0 Å². The van der Waals surface area contributed by atoms with E-state index in [2.05, 4.69) is 194 Å². The number of aromatic nitrogens is 3. The average molecular weight is 749 g/mol. The molecule has 4 nitrogen and oxygen atoms in total. The zero-order valence-corrected chi connectivity index (χ0v) is 31.8. The molecule has 0 saturated carbocycles. The number of nitriles is 1. The quantitative estimate of drug-likeness (QED) is 0.180. The number of hydrogen-bond donors (Lipinski definition) is 0. The lowest BCUT2D eigenvalue weighted by Crippen LogP contribution is -2.25. The molecule has 0 amide bonds. The Morgan fingerprint density at radius 1 is 0.322 bits per heavy atom. The molecule has 2 aliphatic carbocycles. The van der Waals surface area contributed by atoms with Crippen LogP contribution in [0.1, 0.15) is 27.8 Å². The van der Waals surface area contributed by atoms with Crippen LogP contribution in [0.5, 0.6) is 0 Å². The number of hydrogen-bond acceptors (Lipinski definition) is 4. The lowest BCUT2D eigenvalue weighted by molar-refractivity contribution is 0.793. The Hall–Kier alpha value is -8.00. The van der Waals surface area contributed by atoms with Crippen molar-refractivity contribution < 1.29 is 0 Å². The zero-order chi connectivity index (χ0) is 39.1. The maximum absolute atomic E-state index is 10.1. The molecular weight excluding hydrogens is 717 g/mol.